The minimum absolute atomic E-state index is 0.461. The zero-order chi connectivity index (χ0) is 27.5. The molecule has 4 heterocycles. The number of benzene rings is 4. The summed E-state index contributed by atoms with van der Waals surface area (Å²) in [6, 6.07) is 36.9. The van der Waals surface area contributed by atoms with E-state index in [1.165, 1.54) is 0 Å². The molecular weight excluding hydrogens is 506 g/mol. The third-order valence-electron chi connectivity index (χ3n) is 7.41. The molecular formula is C34H23N7. The van der Waals surface area contributed by atoms with E-state index in [9.17, 15) is 0 Å². The zero-order valence-corrected chi connectivity index (χ0v) is 22.0. The van der Waals surface area contributed by atoms with Crippen LogP contribution in [0.1, 0.15) is 5.82 Å². The Labute approximate surface area is 235 Å². The second-order valence-corrected chi connectivity index (χ2v) is 9.81. The molecule has 4 aromatic heterocycles. The number of rotatable bonds is 5. The molecule has 0 bridgehead atoms. The molecule has 0 aliphatic rings. The predicted octanol–water partition coefficient (Wildman–Crippen LogP) is 7.43. The summed E-state index contributed by atoms with van der Waals surface area (Å²) in [5, 5.41) is 1.06. The molecule has 0 saturated heterocycles. The molecule has 0 radical (unpaired) electrons. The summed E-state index contributed by atoms with van der Waals surface area (Å²) in [4.78, 5) is 19.8. The second kappa shape index (κ2) is 8.86. The monoisotopic (exact) mass is 529 g/mol. The normalized spacial score (nSPS) is 11.6. The van der Waals surface area contributed by atoms with Gasteiger partial charge >= 0.3 is 0 Å². The van der Waals surface area contributed by atoms with Crippen LogP contribution in [-0.2, 0) is 0 Å². The average molecular weight is 530 g/mol. The van der Waals surface area contributed by atoms with Gasteiger partial charge in [-0.1, -0.05) is 98.1 Å². The summed E-state index contributed by atoms with van der Waals surface area (Å²) in [6.07, 6.45) is 1.67. The van der Waals surface area contributed by atoms with Crippen LogP contribution in [0.25, 0.3) is 67.5 Å². The number of aromatic nitrogens is 7. The zero-order valence-electron chi connectivity index (χ0n) is 22.0. The topological polar surface area (TPSA) is 65.8 Å². The summed E-state index contributed by atoms with van der Waals surface area (Å²) in [5.74, 6) is 2.19. The van der Waals surface area contributed by atoms with Gasteiger partial charge in [-0.25, -0.2) is 14.5 Å². The van der Waals surface area contributed by atoms with E-state index in [2.05, 4.69) is 76.7 Å². The van der Waals surface area contributed by atoms with Crippen LogP contribution in [0.15, 0.2) is 128 Å². The number of allylic oxidation sites excluding steroid dienone is 2. The lowest BCUT2D eigenvalue weighted by Crippen LogP contribution is -2.08. The highest BCUT2D eigenvalue weighted by Gasteiger charge is 2.26. The lowest BCUT2D eigenvalue weighted by atomic mass is 10.2. The van der Waals surface area contributed by atoms with Gasteiger partial charge in [-0.15, -0.1) is 0 Å². The maximum atomic E-state index is 5.11. The maximum Gasteiger partial charge on any atom is 0.241 e. The molecule has 0 aliphatic carbocycles. The van der Waals surface area contributed by atoms with E-state index in [0.29, 0.717) is 28.9 Å². The highest BCUT2D eigenvalue weighted by molar-refractivity contribution is 6.10. The molecule has 0 saturated carbocycles. The Balaban J connectivity index is 1.59. The van der Waals surface area contributed by atoms with Gasteiger partial charge < -0.3 is 0 Å². The quantitative estimate of drug-likeness (QED) is 0.218. The van der Waals surface area contributed by atoms with Crippen molar-refractivity contribution in [3.05, 3.63) is 134 Å². The summed E-state index contributed by atoms with van der Waals surface area (Å²) in [6.45, 7) is 8.06. The van der Waals surface area contributed by atoms with E-state index in [1.807, 2.05) is 59.2 Å². The molecule has 0 aliphatic heterocycles. The van der Waals surface area contributed by atoms with Gasteiger partial charge in [0.05, 0.1) is 16.6 Å². The number of fused-ring (bicyclic) bond motifs is 7. The van der Waals surface area contributed by atoms with E-state index in [4.69, 9.17) is 19.9 Å². The molecule has 0 unspecified atom stereocenters. The Bertz CT molecular complexity index is 2290. The van der Waals surface area contributed by atoms with E-state index in [1.54, 1.807) is 6.08 Å². The van der Waals surface area contributed by atoms with Crippen LogP contribution < -0.4 is 0 Å². The molecule has 8 rings (SSSR count). The van der Waals surface area contributed by atoms with Crippen LogP contribution >= 0.6 is 0 Å². The lowest BCUT2D eigenvalue weighted by molar-refractivity contribution is 0.920. The molecule has 41 heavy (non-hydrogen) atoms. The standard InChI is InChI=1S/C34H23N7/c1-3-22(2)30-36-31(23-14-6-4-7-15-23)38-33(37-30)41-29-25-18-10-12-20-27(25)39(24-16-8-5-9-17-24)32(29)40-28-21-13-11-19-26(28)35-34(40)41/h3-21H,1-2H2. The van der Waals surface area contributed by atoms with Gasteiger partial charge in [-0.3, -0.25) is 8.97 Å². The summed E-state index contributed by atoms with van der Waals surface area (Å²) < 4.78 is 6.53. The first-order valence-electron chi connectivity index (χ1n) is 13.3. The molecule has 0 atom stereocenters. The van der Waals surface area contributed by atoms with Gasteiger partial charge in [0.25, 0.3) is 0 Å². The van der Waals surface area contributed by atoms with Gasteiger partial charge in [0, 0.05) is 22.2 Å². The first-order valence-corrected chi connectivity index (χ1v) is 13.3. The molecule has 7 heteroatoms. The summed E-state index contributed by atoms with van der Waals surface area (Å²) >= 11 is 0. The number of hydrogen-bond donors (Lipinski definition) is 0. The van der Waals surface area contributed by atoms with Crippen molar-refractivity contribution >= 4 is 44.5 Å². The van der Waals surface area contributed by atoms with Gasteiger partial charge in [0.2, 0.25) is 11.7 Å². The van der Waals surface area contributed by atoms with E-state index in [0.717, 1.165) is 44.4 Å². The smallest absolute Gasteiger partial charge is 0.241 e. The number of imidazole rings is 2. The fraction of sp³-hybridized carbons (Fsp3) is 0. The fourth-order valence-corrected chi connectivity index (χ4v) is 5.55. The molecule has 0 spiro atoms. The Morgan fingerprint density at radius 2 is 1.34 bits per heavy atom. The molecule has 0 amide bonds. The first-order chi connectivity index (χ1) is 20.2. The molecule has 4 aromatic carbocycles. The van der Waals surface area contributed by atoms with Gasteiger partial charge in [-0.05, 0) is 30.3 Å². The number of hydrogen-bond acceptors (Lipinski definition) is 4. The third kappa shape index (κ3) is 3.39. The van der Waals surface area contributed by atoms with E-state index < -0.39 is 0 Å². The summed E-state index contributed by atoms with van der Waals surface area (Å²) in [5.41, 5.74) is 7.45. The van der Waals surface area contributed by atoms with Crippen LogP contribution in [0.5, 0.6) is 0 Å². The fourth-order valence-electron chi connectivity index (χ4n) is 5.55. The molecule has 7 nitrogen and oxygen atoms in total. The SMILES string of the molecule is C=CC(=C)c1nc(-c2ccccc2)nc(-n2c3c4ccccc4n(-c4ccccc4)c3n3c4ccccc4nc23)n1. The predicted molar refractivity (Wildman–Crippen MR) is 164 cm³/mol. The van der Waals surface area contributed by atoms with Gasteiger partial charge in [0.15, 0.2) is 17.3 Å². The minimum Gasteiger partial charge on any atom is -0.294 e. The van der Waals surface area contributed by atoms with Gasteiger partial charge in [-0.2, -0.15) is 9.97 Å². The third-order valence-corrected chi connectivity index (χ3v) is 7.41. The first kappa shape index (κ1) is 23.1. The highest BCUT2D eigenvalue weighted by atomic mass is 15.3. The molecule has 0 N–H and O–H groups in total. The summed E-state index contributed by atoms with van der Waals surface area (Å²) in [7, 11) is 0. The maximum absolute atomic E-state index is 5.11. The van der Waals surface area contributed by atoms with Crippen molar-refractivity contribution in [3.63, 3.8) is 0 Å². The Kier molecular flexibility index (Phi) is 4.99. The van der Waals surface area contributed by atoms with Crippen molar-refractivity contribution in [3.8, 4) is 23.0 Å². The molecule has 8 aromatic rings. The van der Waals surface area contributed by atoms with Crippen LogP contribution in [0.3, 0.4) is 0 Å². The van der Waals surface area contributed by atoms with Crippen LogP contribution in [0, 0.1) is 0 Å². The Hall–Kier alpha value is -5.82. The van der Waals surface area contributed by atoms with Crippen LogP contribution in [0.4, 0.5) is 0 Å². The Morgan fingerprint density at radius 1 is 0.659 bits per heavy atom. The van der Waals surface area contributed by atoms with Crippen molar-refractivity contribution in [2.75, 3.05) is 0 Å². The Morgan fingerprint density at radius 3 is 2.12 bits per heavy atom. The number of para-hydroxylation sites is 4. The number of nitrogens with zero attached hydrogens (tertiary/aromatic N) is 7. The van der Waals surface area contributed by atoms with E-state index >= 15 is 0 Å². The van der Waals surface area contributed by atoms with Gasteiger partial charge in [0.1, 0.15) is 5.52 Å². The lowest BCUT2D eigenvalue weighted by Gasteiger charge is -2.09. The second-order valence-electron chi connectivity index (χ2n) is 9.81. The highest BCUT2D eigenvalue weighted by Crippen LogP contribution is 2.37. The molecule has 194 valence electrons. The van der Waals surface area contributed by atoms with Crippen molar-refractivity contribution in [2.45, 2.75) is 0 Å². The largest absolute Gasteiger partial charge is 0.294 e. The van der Waals surface area contributed by atoms with E-state index in [-0.39, 0.29) is 0 Å². The minimum atomic E-state index is 0.461. The van der Waals surface area contributed by atoms with Crippen LogP contribution in [0.2, 0.25) is 0 Å². The van der Waals surface area contributed by atoms with Crippen molar-refractivity contribution < 1.29 is 0 Å². The van der Waals surface area contributed by atoms with Crippen molar-refractivity contribution in [1.82, 2.24) is 33.5 Å². The van der Waals surface area contributed by atoms with Crippen molar-refractivity contribution in [1.29, 1.82) is 0 Å². The average Bonchev–Trinajstić information content (AvgIpc) is 3.67. The molecule has 0 fully saturated rings. The van der Waals surface area contributed by atoms with Crippen LogP contribution in [-0.4, -0.2) is 33.5 Å². The van der Waals surface area contributed by atoms with Crippen molar-refractivity contribution in [2.24, 2.45) is 0 Å².